The van der Waals surface area contributed by atoms with Crippen molar-refractivity contribution >= 4 is 11.9 Å². The molecule has 162 valence electrons. The quantitative estimate of drug-likeness (QED) is 0.467. The summed E-state index contributed by atoms with van der Waals surface area (Å²) in [6.07, 6.45) is 2.70. The van der Waals surface area contributed by atoms with E-state index in [0.717, 1.165) is 56.2 Å². The third-order valence-electron chi connectivity index (χ3n) is 4.59. The van der Waals surface area contributed by atoms with E-state index in [1.165, 1.54) is 5.56 Å². The molecule has 0 heterocycles. The van der Waals surface area contributed by atoms with Gasteiger partial charge < -0.3 is 20.3 Å². The van der Waals surface area contributed by atoms with Crippen LogP contribution < -0.4 is 15.4 Å². The van der Waals surface area contributed by atoms with E-state index in [0.29, 0.717) is 5.56 Å². The van der Waals surface area contributed by atoms with Crippen molar-refractivity contribution in [2.45, 2.75) is 26.2 Å². The average molecular weight is 411 g/mol. The summed E-state index contributed by atoms with van der Waals surface area (Å²) >= 11 is 0. The van der Waals surface area contributed by atoms with Crippen molar-refractivity contribution in [1.82, 2.24) is 15.5 Å². The van der Waals surface area contributed by atoms with E-state index in [-0.39, 0.29) is 5.91 Å². The van der Waals surface area contributed by atoms with Crippen molar-refractivity contribution in [2.24, 2.45) is 4.99 Å². The molecule has 0 bridgehead atoms. The average Bonchev–Trinajstić information content (AvgIpc) is 2.76. The molecule has 6 nitrogen and oxygen atoms in total. The highest BCUT2D eigenvalue weighted by atomic mass is 16.5. The zero-order valence-electron chi connectivity index (χ0n) is 18.6. The van der Waals surface area contributed by atoms with E-state index >= 15 is 0 Å². The maximum absolute atomic E-state index is 12.1. The Balaban J connectivity index is 1.76. The van der Waals surface area contributed by atoms with Crippen molar-refractivity contribution in [2.75, 3.05) is 40.8 Å². The number of rotatable bonds is 10. The first-order chi connectivity index (χ1) is 14.5. The molecule has 30 heavy (non-hydrogen) atoms. The Labute approximate surface area is 180 Å². The van der Waals surface area contributed by atoms with E-state index in [4.69, 9.17) is 4.74 Å². The minimum absolute atomic E-state index is 0.0199. The lowest BCUT2D eigenvalue weighted by atomic mass is 10.1. The number of hydrogen-bond acceptors (Lipinski definition) is 3. The molecule has 2 N–H and O–H groups in total. The molecule has 2 aromatic rings. The Bertz CT molecular complexity index is 833. The largest absolute Gasteiger partial charge is 0.494 e. The molecular weight excluding hydrogens is 376 g/mol. The Morgan fingerprint density at radius 3 is 2.23 bits per heavy atom. The number of carbonyl (C=O) groups is 1. The third kappa shape index (κ3) is 7.78. The molecule has 0 unspecified atom stereocenters. The number of aliphatic imine (C=N–C) groups is 1. The molecule has 6 heteroatoms. The highest BCUT2D eigenvalue weighted by Crippen LogP contribution is 2.13. The maximum Gasteiger partial charge on any atom is 0.253 e. The van der Waals surface area contributed by atoms with Gasteiger partial charge in [0.1, 0.15) is 5.75 Å². The number of hydrogen-bond donors (Lipinski definition) is 2. The van der Waals surface area contributed by atoms with Crippen molar-refractivity contribution < 1.29 is 9.53 Å². The first kappa shape index (κ1) is 23.3. The molecule has 0 aliphatic heterocycles. The first-order valence-corrected chi connectivity index (χ1v) is 10.5. The Morgan fingerprint density at radius 2 is 1.63 bits per heavy atom. The highest BCUT2D eigenvalue weighted by molar-refractivity contribution is 5.94. The standard InChI is InChI=1S/C24H34N4O2/c1-5-16-30-22-11-7-9-20(18-22)13-15-27-24(25-2)26-14-12-19-8-6-10-21(17-19)23(29)28(3)4/h6-11,17-18H,5,12-16H2,1-4H3,(H2,25,26,27). The fraction of sp³-hybridized carbons (Fsp3) is 0.417. The van der Waals surface area contributed by atoms with Crippen LogP contribution in [0.4, 0.5) is 0 Å². The summed E-state index contributed by atoms with van der Waals surface area (Å²) in [5, 5.41) is 6.68. The first-order valence-electron chi connectivity index (χ1n) is 10.5. The Morgan fingerprint density at radius 1 is 1.00 bits per heavy atom. The normalized spacial score (nSPS) is 11.1. The van der Waals surface area contributed by atoms with Gasteiger partial charge in [-0.25, -0.2) is 0 Å². The van der Waals surface area contributed by atoms with Crippen LogP contribution in [0, 0.1) is 0 Å². The van der Waals surface area contributed by atoms with E-state index in [1.807, 2.05) is 36.4 Å². The third-order valence-corrected chi connectivity index (χ3v) is 4.59. The summed E-state index contributed by atoms with van der Waals surface area (Å²) in [5.74, 6) is 1.71. The SMILES string of the molecule is CCCOc1cccc(CCNC(=NC)NCCc2cccc(C(=O)N(C)C)c2)c1. The van der Waals surface area contributed by atoms with Crippen LogP contribution in [0.3, 0.4) is 0 Å². The topological polar surface area (TPSA) is 66.0 Å². The van der Waals surface area contributed by atoms with Crippen LogP contribution in [0.25, 0.3) is 0 Å². The molecule has 0 aliphatic rings. The van der Waals surface area contributed by atoms with Gasteiger partial charge in [-0.15, -0.1) is 0 Å². The smallest absolute Gasteiger partial charge is 0.253 e. The zero-order valence-corrected chi connectivity index (χ0v) is 18.6. The van der Waals surface area contributed by atoms with Crippen LogP contribution in [-0.4, -0.2) is 57.6 Å². The second kappa shape index (κ2) is 12.5. The highest BCUT2D eigenvalue weighted by Gasteiger charge is 2.08. The predicted octanol–water partition coefficient (Wildman–Crippen LogP) is 3.13. The van der Waals surface area contributed by atoms with Crippen LogP contribution in [0.2, 0.25) is 0 Å². The molecule has 0 saturated heterocycles. The summed E-state index contributed by atoms with van der Waals surface area (Å²) in [4.78, 5) is 18.0. The second-order valence-electron chi connectivity index (χ2n) is 7.32. The molecule has 0 fully saturated rings. The number of guanidine groups is 1. The Hall–Kier alpha value is -3.02. The summed E-state index contributed by atoms with van der Waals surface area (Å²) in [5.41, 5.74) is 3.06. The molecule has 0 atom stereocenters. The van der Waals surface area contributed by atoms with Gasteiger partial charge in [0.25, 0.3) is 5.91 Å². The summed E-state index contributed by atoms with van der Waals surface area (Å²) in [7, 11) is 5.30. The van der Waals surface area contributed by atoms with E-state index in [9.17, 15) is 4.79 Å². The summed E-state index contributed by atoms with van der Waals surface area (Å²) in [6.45, 7) is 4.36. The molecule has 0 aromatic heterocycles. The lowest BCUT2D eigenvalue weighted by Gasteiger charge is -2.13. The molecule has 2 rings (SSSR count). The number of carbonyl (C=O) groups excluding carboxylic acids is 1. The molecule has 0 aliphatic carbocycles. The van der Waals surface area contributed by atoms with E-state index in [2.05, 4.69) is 34.7 Å². The van der Waals surface area contributed by atoms with Crippen molar-refractivity contribution in [3.8, 4) is 5.75 Å². The molecule has 0 saturated carbocycles. The summed E-state index contributed by atoms with van der Waals surface area (Å²) < 4.78 is 5.70. The zero-order chi connectivity index (χ0) is 21.8. The number of benzene rings is 2. The van der Waals surface area contributed by atoms with Crippen LogP contribution >= 0.6 is 0 Å². The van der Waals surface area contributed by atoms with Crippen LogP contribution in [-0.2, 0) is 12.8 Å². The van der Waals surface area contributed by atoms with Gasteiger partial charge >= 0.3 is 0 Å². The monoisotopic (exact) mass is 410 g/mol. The van der Waals surface area contributed by atoms with Gasteiger partial charge in [-0.3, -0.25) is 9.79 Å². The van der Waals surface area contributed by atoms with Crippen LogP contribution in [0.15, 0.2) is 53.5 Å². The van der Waals surface area contributed by atoms with Crippen LogP contribution in [0.1, 0.15) is 34.8 Å². The maximum atomic E-state index is 12.1. The fourth-order valence-corrected chi connectivity index (χ4v) is 3.00. The second-order valence-corrected chi connectivity index (χ2v) is 7.32. The molecule has 1 amide bonds. The lowest BCUT2D eigenvalue weighted by molar-refractivity contribution is 0.0827. The number of amides is 1. The van der Waals surface area contributed by atoms with Crippen molar-refractivity contribution in [3.05, 3.63) is 65.2 Å². The Kier molecular flexibility index (Phi) is 9.71. The van der Waals surface area contributed by atoms with Gasteiger partial charge in [0.05, 0.1) is 6.61 Å². The minimum atomic E-state index is 0.0199. The van der Waals surface area contributed by atoms with Crippen molar-refractivity contribution in [1.29, 1.82) is 0 Å². The minimum Gasteiger partial charge on any atom is -0.494 e. The molecule has 0 spiro atoms. The van der Waals surface area contributed by atoms with Crippen molar-refractivity contribution in [3.63, 3.8) is 0 Å². The predicted molar refractivity (Wildman–Crippen MR) is 123 cm³/mol. The van der Waals surface area contributed by atoms with E-state index < -0.39 is 0 Å². The summed E-state index contributed by atoms with van der Waals surface area (Å²) in [6, 6.07) is 16.0. The molecule has 0 radical (unpaired) electrons. The van der Waals surface area contributed by atoms with Gasteiger partial charge in [-0.2, -0.15) is 0 Å². The fourth-order valence-electron chi connectivity index (χ4n) is 3.00. The van der Waals surface area contributed by atoms with Gasteiger partial charge in [0.15, 0.2) is 5.96 Å². The van der Waals surface area contributed by atoms with Crippen LogP contribution in [0.5, 0.6) is 5.75 Å². The number of nitrogens with one attached hydrogen (secondary N) is 2. The lowest BCUT2D eigenvalue weighted by Crippen LogP contribution is -2.39. The van der Waals surface area contributed by atoms with Gasteiger partial charge in [-0.1, -0.05) is 31.2 Å². The van der Waals surface area contributed by atoms with Gasteiger partial charge in [0, 0.05) is 39.8 Å². The number of ether oxygens (including phenoxy) is 1. The molecular formula is C24H34N4O2. The van der Waals surface area contributed by atoms with Gasteiger partial charge in [-0.05, 0) is 54.7 Å². The number of nitrogens with zero attached hydrogens (tertiary/aromatic N) is 2. The molecule has 2 aromatic carbocycles. The van der Waals surface area contributed by atoms with E-state index in [1.54, 1.807) is 26.0 Å². The van der Waals surface area contributed by atoms with Gasteiger partial charge in [0.2, 0.25) is 0 Å².